The van der Waals surface area contributed by atoms with Crippen molar-refractivity contribution in [3.05, 3.63) is 0 Å². The molecule has 0 aliphatic heterocycles. The van der Waals surface area contributed by atoms with Crippen LogP contribution < -0.4 is 5.32 Å². The molecule has 1 atom stereocenters. The van der Waals surface area contributed by atoms with E-state index in [2.05, 4.69) is 26.1 Å². The predicted octanol–water partition coefficient (Wildman–Crippen LogP) is 13.4. The van der Waals surface area contributed by atoms with Gasteiger partial charge in [0.15, 0.2) is 0 Å². The van der Waals surface area contributed by atoms with E-state index >= 15 is 0 Å². The lowest BCUT2D eigenvalue weighted by atomic mass is 10.0. The summed E-state index contributed by atoms with van der Waals surface area (Å²) in [6.45, 7) is 11.0. The predicted molar refractivity (Wildman–Crippen MR) is 208 cm³/mol. The Balaban J connectivity index is 3.69. The molecule has 0 aromatic rings. The lowest BCUT2D eigenvalue weighted by molar-refractivity contribution is -0.150. The van der Waals surface area contributed by atoms with Crippen LogP contribution in [-0.4, -0.2) is 37.2 Å². The molecule has 5 heteroatoms. The quantitative estimate of drug-likeness (QED) is 0.0517. The van der Waals surface area contributed by atoms with Crippen molar-refractivity contribution in [1.29, 1.82) is 0 Å². The fraction of sp³-hybridized carbons (Fsp3) is 0.953. The maximum Gasteiger partial charge on any atom is 0.306 e. The summed E-state index contributed by atoms with van der Waals surface area (Å²) in [6.07, 6.45) is 39.1. The molecule has 5 nitrogen and oxygen atoms in total. The second-order valence-corrected chi connectivity index (χ2v) is 14.9. The molecule has 0 amide bonds. The van der Waals surface area contributed by atoms with E-state index in [4.69, 9.17) is 9.47 Å². The van der Waals surface area contributed by atoms with Crippen LogP contribution >= 0.6 is 0 Å². The first-order chi connectivity index (χ1) is 23.5. The summed E-state index contributed by atoms with van der Waals surface area (Å²) in [5.74, 6) is 0.0216. The van der Waals surface area contributed by atoms with E-state index in [-0.39, 0.29) is 24.1 Å². The molecule has 0 fully saturated rings. The third kappa shape index (κ3) is 36.2. The second-order valence-electron chi connectivity index (χ2n) is 14.9. The summed E-state index contributed by atoms with van der Waals surface area (Å²) in [6, 6.07) is 0. The third-order valence-electron chi connectivity index (χ3n) is 9.82. The minimum Gasteiger partial charge on any atom is -0.463 e. The lowest BCUT2D eigenvalue weighted by Crippen LogP contribution is -2.18. The molecule has 0 aromatic heterocycles. The Morgan fingerprint density at radius 2 is 0.750 bits per heavy atom. The van der Waals surface area contributed by atoms with Gasteiger partial charge < -0.3 is 14.8 Å². The van der Waals surface area contributed by atoms with Gasteiger partial charge in [0.1, 0.15) is 6.10 Å². The largest absolute Gasteiger partial charge is 0.463 e. The average molecular weight is 680 g/mol. The molecule has 0 heterocycles. The summed E-state index contributed by atoms with van der Waals surface area (Å²) in [5, 5.41) is 3.59. The highest BCUT2D eigenvalue weighted by molar-refractivity contribution is 5.69. The van der Waals surface area contributed by atoms with Gasteiger partial charge in [0.05, 0.1) is 6.10 Å². The van der Waals surface area contributed by atoms with E-state index in [1.807, 2.05) is 6.92 Å². The van der Waals surface area contributed by atoms with Gasteiger partial charge in [-0.2, -0.15) is 0 Å². The highest BCUT2D eigenvalue weighted by atomic mass is 16.5. The van der Waals surface area contributed by atoms with Crippen molar-refractivity contribution < 1.29 is 19.1 Å². The van der Waals surface area contributed by atoms with Crippen molar-refractivity contribution in [2.45, 2.75) is 252 Å². The number of nitrogens with one attached hydrogen (secondary N) is 1. The molecule has 1 unspecified atom stereocenters. The van der Waals surface area contributed by atoms with Gasteiger partial charge in [0.25, 0.3) is 0 Å². The Labute approximate surface area is 300 Å². The van der Waals surface area contributed by atoms with Crippen molar-refractivity contribution in [3.8, 4) is 0 Å². The first kappa shape index (κ1) is 46.9. The van der Waals surface area contributed by atoms with Crippen LogP contribution in [0.5, 0.6) is 0 Å². The molecule has 0 bridgehead atoms. The summed E-state index contributed by atoms with van der Waals surface area (Å²) in [4.78, 5) is 24.7. The minimum atomic E-state index is -0.0127. The standard InChI is InChI=1S/C43H85NO4/c1-5-8-11-14-19-26-33-40(4)47-42(45)36-29-22-17-24-31-38-44-39-32-25-18-23-30-37-43(46)48-41(34-27-20-15-12-9-6-2)35-28-21-16-13-10-7-3/h40-41,44H,5-39H2,1-4H3. The van der Waals surface area contributed by atoms with Gasteiger partial charge in [-0.05, 0) is 84.2 Å². The average Bonchev–Trinajstić information content (AvgIpc) is 3.07. The van der Waals surface area contributed by atoms with Crippen LogP contribution in [0.4, 0.5) is 0 Å². The summed E-state index contributed by atoms with van der Waals surface area (Å²) >= 11 is 0. The van der Waals surface area contributed by atoms with Crippen LogP contribution in [0.25, 0.3) is 0 Å². The number of hydrogen-bond acceptors (Lipinski definition) is 5. The van der Waals surface area contributed by atoms with E-state index < -0.39 is 0 Å². The molecule has 0 spiro atoms. The monoisotopic (exact) mass is 680 g/mol. The normalized spacial score (nSPS) is 12.1. The van der Waals surface area contributed by atoms with Crippen molar-refractivity contribution in [2.24, 2.45) is 0 Å². The van der Waals surface area contributed by atoms with E-state index in [1.165, 1.54) is 154 Å². The van der Waals surface area contributed by atoms with E-state index in [0.717, 1.165) is 58.0 Å². The number of rotatable bonds is 39. The number of hydrogen-bond donors (Lipinski definition) is 1. The van der Waals surface area contributed by atoms with Gasteiger partial charge in [0, 0.05) is 12.8 Å². The number of esters is 2. The van der Waals surface area contributed by atoms with Gasteiger partial charge in [-0.3, -0.25) is 9.59 Å². The molecule has 0 radical (unpaired) electrons. The zero-order chi connectivity index (χ0) is 35.2. The fourth-order valence-electron chi connectivity index (χ4n) is 6.59. The van der Waals surface area contributed by atoms with Crippen LogP contribution in [0.1, 0.15) is 240 Å². The maximum absolute atomic E-state index is 12.6. The lowest BCUT2D eigenvalue weighted by Gasteiger charge is -2.18. The second kappa shape index (κ2) is 38.7. The molecular weight excluding hydrogens is 594 g/mol. The van der Waals surface area contributed by atoms with E-state index in [0.29, 0.717) is 12.8 Å². The zero-order valence-corrected chi connectivity index (χ0v) is 33.0. The van der Waals surface area contributed by atoms with Gasteiger partial charge in [-0.1, -0.05) is 156 Å². The smallest absolute Gasteiger partial charge is 0.306 e. The Bertz CT molecular complexity index is 653. The molecule has 0 rings (SSSR count). The topological polar surface area (TPSA) is 64.6 Å². The molecule has 0 saturated heterocycles. The SMILES string of the molecule is CCCCCCCCC(C)OC(=O)CCCCCCCNCCCCCCCC(=O)OC(CCCCCCCC)CCCCCCCC. The molecule has 0 aliphatic rings. The molecule has 0 aromatic carbocycles. The van der Waals surface area contributed by atoms with Gasteiger partial charge >= 0.3 is 11.9 Å². The number of carbonyl (C=O) groups is 2. The highest BCUT2D eigenvalue weighted by Crippen LogP contribution is 2.18. The highest BCUT2D eigenvalue weighted by Gasteiger charge is 2.14. The van der Waals surface area contributed by atoms with E-state index in [1.54, 1.807) is 0 Å². The van der Waals surface area contributed by atoms with Crippen molar-refractivity contribution in [3.63, 3.8) is 0 Å². The summed E-state index contributed by atoms with van der Waals surface area (Å²) < 4.78 is 11.6. The summed E-state index contributed by atoms with van der Waals surface area (Å²) in [5.41, 5.74) is 0. The molecule has 1 N–H and O–H groups in total. The van der Waals surface area contributed by atoms with Crippen LogP contribution in [0.15, 0.2) is 0 Å². The Hall–Kier alpha value is -1.10. The van der Waals surface area contributed by atoms with Gasteiger partial charge in [-0.15, -0.1) is 0 Å². The number of carbonyl (C=O) groups excluding carboxylic acids is 2. The fourth-order valence-corrected chi connectivity index (χ4v) is 6.59. The van der Waals surface area contributed by atoms with Crippen LogP contribution in [0.3, 0.4) is 0 Å². The van der Waals surface area contributed by atoms with Crippen molar-refractivity contribution in [2.75, 3.05) is 13.1 Å². The van der Waals surface area contributed by atoms with Crippen LogP contribution in [-0.2, 0) is 19.1 Å². The van der Waals surface area contributed by atoms with Crippen LogP contribution in [0.2, 0.25) is 0 Å². The summed E-state index contributed by atoms with van der Waals surface area (Å²) in [7, 11) is 0. The first-order valence-corrected chi connectivity index (χ1v) is 21.6. The molecule has 286 valence electrons. The Morgan fingerprint density at radius 1 is 0.417 bits per heavy atom. The Morgan fingerprint density at radius 3 is 1.19 bits per heavy atom. The number of ether oxygens (including phenoxy) is 2. The molecule has 48 heavy (non-hydrogen) atoms. The molecule has 0 saturated carbocycles. The maximum atomic E-state index is 12.6. The van der Waals surface area contributed by atoms with Gasteiger partial charge in [-0.25, -0.2) is 0 Å². The van der Waals surface area contributed by atoms with Gasteiger partial charge in [0.2, 0.25) is 0 Å². The van der Waals surface area contributed by atoms with Crippen molar-refractivity contribution in [1.82, 2.24) is 5.32 Å². The van der Waals surface area contributed by atoms with Crippen LogP contribution in [0, 0.1) is 0 Å². The van der Waals surface area contributed by atoms with Crippen molar-refractivity contribution >= 4 is 11.9 Å². The number of unbranched alkanes of at least 4 members (excludes halogenated alkanes) is 23. The Kier molecular flexibility index (Phi) is 37.8. The minimum absolute atomic E-state index is 0.0127. The molecular formula is C43H85NO4. The third-order valence-corrected chi connectivity index (χ3v) is 9.82. The molecule has 0 aliphatic carbocycles. The van der Waals surface area contributed by atoms with E-state index in [9.17, 15) is 9.59 Å². The first-order valence-electron chi connectivity index (χ1n) is 21.6. The zero-order valence-electron chi connectivity index (χ0n) is 33.0.